The molecule has 0 saturated carbocycles. The zero-order valence-corrected chi connectivity index (χ0v) is 12.9. The first-order valence-electron chi connectivity index (χ1n) is 7.65. The highest BCUT2D eigenvalue weighted by Gasteiger charge is 2.18. The number of likely N-dealkylation sites (tertiary alicyclic amines) is 1. The molecule has 1 aromatic carbocycles. The maximum atomic E-state index is 10.1. The van der Waals surface area contributed by atoms with Gasteiger partial charge in [0.2, 0.25) is 0 Å². The van der Waals surface area contributed by atoms with Crippen LogP contribution in [0.4, 0.5) is 0 Å². The van der Waals surface area contributed by atoms with Crippen molar-refractivity contribution in [2.75, 3.05) is 26.2 Å². The van der Waals surface area contributed by atoms with Crippen LogP contribution < -0.4 is 4.74 Å². The van der Waals surface area contributed by atoms with Crippen LogP contribution in [0, 0.1) is 19.8 Å². The zero-order valence-electron chi connectivity index (χ0n) is 12.9. The Morgan fingerprint density at radius 2 is 1.85 bits per heavy atom. The average molecular weight is 277 g/mol. The second-order valence-corrected chi connectivity index (χ2v) is 6.17. The van der Waals surface area contributed by atoms with Crippen LogP contribution in [-0.4, -0.2) is 42.4 Å². The van der Waals surface area contributed by atoms with E-state index >= 15 is 0 Å². The molecule has 1 N–H and O–H groups in total. The molecule has 1 heterocycles. The van der Waals surface area contributed by atoms with E-state index in [1.165, 1.54) is 12.8 Å². The molecule has 1 aromatic rings. The lowest BCUT2D eigenvalue weighted by Gasteiger charge is -2.31. The number of hydrogen-bond donors (Lipinski definition) is 1. The highest BCUT2D eigenvalue weighted by molar-refractivity contribution is 5.39. The Kier molecular flexibility index (Phi) is 5.44. The first-order valence-corrected chi connectivity index (χ1v) is 7.65. The van der Waals surface area contributed by atoms with Gasteiger partial charge in [0.15, 0.2) is 0 Å². The van der Waals surface area contributed by atoms with Crippen molar-refractivity contribution in [2.24, 2.45) is 5.92 Å². The fourth-order valence-corrected chi connectivity index (χ4v) is 2.80. The van der Waals surface area contributed by atoms with Crippen molar-refractivity contribution in [3.05, 3.63) is 29.3 Å². The molecular formula is C17H27NO2. The molecule has 3 nitrogen and oxygen atoms in total. The van der Waals surface area contributed by atoms with Crippen LogP contribution in [-0.2, 0) is 0 Å². The summed E-state index contributed by atoms with van der Waals surface area (Å²) in [5, 5.41) is 10.1. The van der Waals surface area contributed by atoms with Gasteiger partial charge in [-0.05, 0) is 56.8 Å². The third kappa shape index (κ3) is 4.22. The summed E-state index contributed by atoms with van der Waals surface area (Å²) in [6.45, 7) is 9.68. The summed E-state index contributed by atoms with van der Waals surface area (Å²) >= 11 is 0. The normalized spacial score (nSPS) is 19.0. The maximum absolute atomic E-state index is 10.1. The monoisotopic (exact) mass is 277 g/mol. The summed E-state index contributed by atoms with van der Waals surface area (Å²) in [5.41, 5.74) is 2.26. The Bertz CT molecular complexity index is 405. The van der Waals surface area contributed by atoms with Crippen LogP contribution in [0.25, 0.3) is 0 Å². The van der Waals surface area contributed by atoms with Gasteiger partial charge in [-0.25, -0.2) is 0 Å². The fraction of sp³-hybridized carbons (Fsp3) is 0.647. The van der Waals surface area contributed by atoms with Gasteiger partial charge in [0.1, 0.15) is 18.5 Å². The Morgan fingerprint density at radius 1 is 1.25 bits per heavy atom. The van der Waals surface area contributed by atoms with Crippen molar-refractivity contribution < 1.29 is 9.84 Å². The molecular weight excluding hydrogens is 250 g/mol. The van der Waals surface area contributed by atoms with Crippen LogP contribution in [0.1, 0.15) is 30.9 Å². The van der Waals surface area contributed by atoms with E-state index in [0.29, 0.717) is 6.61 Å². The standard InChI is InChI=1S/C17H27NO2/c1-13-7-9-18(10-8-13)11-16(19)12-20-17-14(2)5-4-6-15(17)3/h4-6,13,16,19H,7-12H2,1-3H3/t16-/m1/s1. The first-order chi connectivity index (χ1) is 9.56. The summed E-state index contributed by atoms with van der Waals surface area (Å²) in [6, 6.07) is 6.12. The number of benzene rings is 1. The molecule has 0 amide bonds. The number of aryl methyl sites for hydroxylation is 2. The molecule has 0 bridgehead atoms. The second-order valence-electron chi connectivity index (χ2n) is 6.17. The zero-order chi connectivity index (χ0) is 14.5. The maximum Gasteiger partial charge on any atom is 0.125 e. The lowest BCUT2D eigenvalue weighted by Crippen LogP contribution is -2.40. The summed E-state index contributed by atoms with van der Waals surface area (Å²) < 4.78 is 5.82. The number of aliphatic hydroxyl groups is 1. The number of rotatable bonds is 5. The number of hydrogen-bond acceptors (Lipinski definition) is 3. The van der Waals surface area contributed by atoms with E-state index in [2.05, 4.69) is 11.8 Å². The minimum Gasteiger partial charge on any atom is -0.490 e. The van der Waals surface area contributed by atoms with Gasteiger partial charge < -0.3 is 14.7 Å². The van der Waals surface area contributed by atoms with Crippen molar-refractivity contribution in [3.63, 3.8) is 0 Å². The van der Waals surface area contributed by atoms with Crippen molar-refractivity contribution in [1.82, 2.24) is 4.90 Å². The van der Waals surface area contributed by atoms with Crippen LogP contribution in [0.2, 0.25) is 0 Å². The number of piperidine rings is 1. The predicted molar refractivity (Wildman–Crippen MR) is 82.3 cm³/mol. The van der Waals surface area contributed by atoms with Crippen LogP contribution in [0.15, 0.2) is 18.2 Å². The summed E-state index contributed by atoms with van der Waals surface area (Å²) in [7, 11) is 0. The molecule has 0 radical (unpaired) electrons. The smallest absolute Gasteiger partial charge is 0.125 e. The molecule has 112 valence electrons. The second kappa shape index (κ2) is 7.09. The van der Waals surface area contributed by atoms with E-state index in [-0.39, 0.29) is 0 Å². The van der Waals surface area contributed by atoms with Gasteiger partial charge in [0.05, 0.1) is 0 Å². The van der Waals surface area contributed by atoms with Gasteiger partial charge in [-0.15, -0.1) is 0 Å². The third-order valence-electron chi connectivity index (χ3n) is 4.17. The number of β-amino-alcohol motifs (C(OH)–C–C–N with tert-alkyl or cyclic N) is 1. The molecule has 1 fully saturated rings. The van der Waals surface area contributed by atoms with Crippen molar-refractivity contribution in [3.8, 4) is 5.75 Å². The Labute approximate surface area is 122 Å². The molecule has 0 spiro atoms. The average Bonchev–Trinajstić information content (AvgIpc) is 2.41. The topological polar surface area (TPSA) is 32.7 Å². The first kappa shape index (κ1) is 15.3. The van der Waals surface area contributed by atoms with E-state index < -0.39 is 6.10 Å². The molecule has 1 atom stereocenters. The minimum atomic E-state index is -0.414. The molecule has 0 aromatic heterocycles. The molecule has 1 aliphatic rings. The van der Waals surface area contributed by atoms with Crippen molar-refractivity contribution >= 4 is 0 Å². The SMILES string of the molecule is Cc1cccc(C)c1OC[C@H](O)CN1CCC(C)CC1. The fourth-order valence-electron chi connectivity index (χ4n) is 2.80. The largest absolute Gasteiger partial charge is 0.490 e. The summed E-state index contributed by atoms with van der Waals surface area (Å²) in [4.78, 5) is 2.35. The van der Waals surface area contributed by atoms with Gasteiger partial charge in [-0.2, -0.15) is 0 Å². The third-order valence-corrected chi connectivity index (χ3v) is 4.17. The van der Waals surface area contributed by atoms with Crippen molar-refractivity contribution in [1.29, 1.82) is 0 Å². The van der Waals surface area contributed by atoms with E-state index in [9.17, 15) is 5.11 Å². The van der Waals surface area contributed by atoms with Gasteiger partial charge >= 0.3 is 0 Å². The van der Waals surface area contributed by atoms with E-state index in [1.54, 1.807) is 0 Å². The number of nitrogens with zero attached hydrogens (tertiary/aromatic N) is 1. The van der Waals surface area contributed by atoms with Crippen molar-refractivity contribution in [2.45, 2.75) is 39.7 Å². The molecule has 20 heavy (non-hydrogen) atoms. The molecule has 3 heteroatoms. The van der Waals surface area contributed by atoms with Gasteiger partial charge in [-0.3, -0.25) is 0 Å². The van der Waals surface area contributed by atoms with Gasteiger partial charge in [0, 0.05) is 6.54 Å². The lowest BCUT2D eigenvalue weighted by molar-refractivity contribution is 0.0559. The predicted octanol–water partition coefficient (Wildman–Crippen LogP) is 2.78. The Morgan fingerprint density at radius 3 is 2.45 bits per heavy atom. The quantitative estimate of drug-likeness (QED) is 0.898. The van der Waals surface area contributed by atoms with E-state index in [0.717, 1.165) is 42.4 Å². The van der Waals surface area contributed by atoms with Gasteiger partial charge in [0.25, 0.3) is 0 Å². The van der Waals surface area contributed by atoms with Crippen LogP contribution in [0.5, 0.6) is 5.75 Å². The molecule has 0 aliphatic carbocycles. The Hall–Kier alpha value is -1.06. The summed E-state index contributed by atoms with van der Waals surface area (Å²) in [6.07, 6.45) is 2.07. The van der Waals surface area contributed by atoms with E-state index in [1.807, 2.05) is 32.0 Å². The van der Waals surface area contributed by atoms with Gasteiger partial charge in [-0.1, -0.05) is 25.1 Å². The molecule has 1 aliphatic heterocycles. The van der Waals surface area contributed by atoms with Crippen LogP contribution >= 0.6 is 0 Å². The van der Waals surface area contributed by atoms with E-state index in [4.69, 9.17) is 4.74 Å². The molecule has 0 unspecified atom stereocenters. The number of aliphatic hydroxyl groups excluding tert-OH is 1. The molecule has 2 rings (SSSR count). The highest BCUT2D eigenvalue weighted by Crippen LogP contribution is 2.22. The minimum absolute atomic E-state index is 0.373. The lowest BCUT2D eigenvalue weighted by atomic mass is 9.99. The summed E-state index contributed by atoms with van der Waals surface area (Å²) in [5.74, 6) is 1.74. The van der Waals surface area contributed by atoms with Crippen LogP contribution in [0.3, 0.4) is 0 Å². The molecule has 1 saturated heterocycles. The number of ether oxygens (including phenoxy) is 1. The highest BCUT2D eigenvalue weighted by atomic mass is 16.5. The number of para-hydroxylation sites is 1. The Balaban J connectivity index is 1.79.